The van der Waals surface area contributed by atoms with Gasteiger partial charge in [-0.2, -0.15) is 10.4 Å². The predicted octanol–water partition coefficient (Wildman–Crippen LogP) is 2.80. The van der Waals surface area contributed by atoms with Crippen molar-refractivity contribution in [3.05, 3.63) is 59.4 Å². The zero-order chi connectivity index (χ0) is 17.2. The van der Waals surface area contributed by atoms with Crippen LogP contribution in [0.3, 0.4) is 0 Å². The van der Waals surface area contributed by atoms with E-state index in [2.05, 4.69) is 19.9 Å². The molecule has 0 radical (unpaired) electrons. The van der Waals surface area contributed by atoms with Gasteiger partial charge in [0.1, 0.15) is 4.90 Å². The maximum absolute atomic E-state index is 12.4. The van der Waals surface area contributed by atoms with E-state index >= 15 is 0 Å². The molecule has 0 spiro atoms. The molecule has 0 saturated heterocycles. The minimum Gasteiger partial charge on any atom is -0.276 e. The molecule has 24 heavy (non-hydrogen) atoms. The molecule has 120 valence electrons. The third kappa shape index (κ3) is 3.22. The Balaban J connectivity index is 1.88. The standard InChI is InChI=1S/C15H10ClN5O2S/c16-12-6-10(8-17)3-4-14(12)24(22,23)21-15-7-13(19-20-15)11-2-1-5-18-9-11/h1-7,9H,(H2,19,20,21). The summed E-state index contributed by atoms with van der Waals surface area (Å²) in [6.07, 6.45) is 3.26. The highest BCUT2D eigenvalue weighted by molar-refractivity contribution is 7.92. The summed E-state index contributed by atoms with van der Waals surface area (Å²) in [7, 11) is -3.93. The first-order valence-electron chi connectivity index (χ1n) is 6.68. The van der Waals surface area contributed by atoms with Gasteiger partial charge >= 0.3 is 0 Å². The predicted molar refractivity (Wildman–Crippen MR) is 88.8 cm³/mol. The first-order chi connectivity index (χ1) is 11.5. The third-order valence-corrected chi connectivity index (χ3v) is 4.98. The van der Waals surface area contributed by atoms with Gasteiger partial charge in [0.05, 0.1) is 22.3 Å². The minimum atomic E-state index is -3.93. The largest absolute Gasteiger partial charge is 0.276 e. The number of rotatable bonds is 4. The van der Waals surface area contributed by atoms with Crippen LogP contribution < -0.4 is 4.72 Å². The SMILES string of the molecule is N#Cc1ccc(S(=O)(=O)Nc2cc(-c3cccnc3)[nH]n2)c(Cl)c1. The first-order valence-corrected chi connectivity index (χ1v) is 8.54. The molecule has 3 rings (SSSR count). The van der Waals surface area contributed by atoms with Crippen LogP contribution in [0.4, 0.5) is 5.82 Å². The lowest BCUT2D eigenvalue weighted by molar-refractivity contribution is 0.601. The first kappa shape index (κ1) is 16.0. The smallest absolute Gasteiger partial charge is 0.264 e. The number of anilines is 1. The van der Waals surface area contributed by atoms with E-state index in [9.17, 15) is 8.42 Å². The summed E-state index contributed by atoms with van der Waals surface area (Å²) in [6.45, 7) is 0. The fourth-order valence-electron chi connectivity index (χ4n) is 2.02. The number of hydrogen-bond acceptors (Lipinski definition) is 5. The molecule has 0 unspecified atom stereocenters. The van der Waals surface area contributed by atoms with Gasteiger partial charge in [-0.15, -0.1) is 0 Å². The van der Waals surface area contributed by atoms with E-state index < -0.39 is 10.0 Å². The average molecular weight is 360 g/mol. The molecule has 2 N–H and O–H groups in total. The van der Waals surface area contributed by atoms with Gasteiger partial charge in [-0.3, -0.25) is 14.8 Å². The second-order valence-corrected chi connectivity index (χ2v) is 6.83. The highest BCUT2D eigenvalue weighted by Gasteiger charge is 2.20. The van der Waals surface area contributed by atoms with Gasteiger partial charge in [0.2, 0.25) is 0 Å². The van der Waals surface area contributed by atoms with Crippen LogP contribution in [0.5, 0.6) is 0 Å². The van der Waals surface area contributed by atoms with E-state index in [0.717, 1.165) is 5.56 Å². The van der Waals surface area contributed by atoms with Gasteiger partial charge in [-0.05, 0) is 30.3 Å². The van der Waals surface area contributed by atoms with Crippen molar-refractivity contribution in [2.24, 2.45) is 0 Å². The van der Waals surface area contributed by atoms with Gasteiger partial charge in [-0.1, -0.05) is 11.6 Å². The molecule has 2 heterocycles. The summed E-state index contributed by atoms with van der Waals surface area (Å²) in [5.41, 5.74) is 1.66. The molecular formula is C15H10ClN5O2S. The molecule has 0 bridgehead atoms. The van der Waals surface area contributed by atoms with Crippen molar-refractivity contribution in [3.63, 3.8) is 0 Å². The number of H-pyrrole nitrogens is 1. The summed E-state index contributed by atoms with van der Waals surface area (Å²) >= 11 is 5.95. The van der Waals surface area contributed by atoms with Crippen molar-refractivity contribution in [2.45, 2.75) is 4.90 Å². The number of sulfonamides is 1. The molecule has 3 aromatic rings. The summed E-state index contributed by atoms with van der Waals surface area (Å²) < 4.78 is 27.2. The van der Waals surface area contributed by atoms with E-state index in [1.807, 2.05) is 12.1 Å². The number of nitrogens with zero attached hydrogens (tertiary/aromatic N) is 3. The fourth-order valence-corrected chi connectivity index (χ4v) is 3.56. The quantitative estimate of drug-likeness (QED) is 0.743. The maximum Gasteiger partial charge on any atom is 0.264 e. The number of nitrogens with one attached hydrogen (secondary N) is 2. The number of hydrogen-bond donors (Lipinski definition) is 2. The van der Waals surface area contributed by atoms with E-state index in [0.29, 0.717) is 5.69 Å². The number of nitriles is 1. The molecule has 7 nitrogen and oxygen atoms in total. The molecule has 0 fully saturated rings. The Labute approximate surface area is 143 Å². The zero-order valence-electron chi connectivity index (χ0n) is 12.1. The van der Waals surface area contributed by atoms with Crippen LogP contribution >= 0.6 is 11.6 Å². The highest BCUT2D eigenvalue weighted by Crippen LogP contribution is 2.25. The van der Waals surface area contributed by atoms with E-state index in [4.69, 9.17) is 16.9 Å². The average Bonchev–Trinajstić information content (AvgIpc) is 3.03. The van der Waals surface area contributed by atoms with Crippen molar-refractivity contribution in [2.75, 3.05) is 4.72 Å². The zero-order valence-corrected chi connectivity index (χ0v) is 13.6. The normalized spacial score (nSPS) is 11.0. The van der Waals surface area contributed by atoms with Crippen LogP contribution in [0.25, 0.3) is 11.3 Å². The summed E-state index contributed by atoms with van der Waals surface area (Å²) in [6, 6.07) is 11.0. The van der Waals surface area contributed by atoms with Gasteiger partial charge in [-0.25, -0.2) is 8.42 Å². The lowest BCUT2D eigenvalue weighted by Gasteiger charge is -2.07. The molecule has 9 heteroatoms. The molecule has 0 amide bonds. The lowest BCUT2D eigenvalue weighted by atomic mass is 10.2. The van der Waals surface area contributed by atoms with Crippen molar-refractivity contribution in [3.8, 4) is 17.3 Å². The third-order valence-electron chi connectivity index (χ3n) is 3.14. The summed E-state index contributed by atoms with van der Waals surface area (Å²) in [4.78, 5) is 3.86. The number of halogens is 1. The summed E-state index contributed by atoms with van der Waals surface area (Å²) in [5, 5.41) is 15.4. The number of aromatic amines is 1. The Morgan fingerprint density at radius 2 is 2.08 bits per heavy atom. The number of benzene rings is 1. The topological polar surface area (TPSA) is 112 Å². The summed E-state index contributed by atoms with van der Waals surface area (Å²) in [5.74, 6) is 0.120. The van der Waals surface area contributed by atoms with Crippen LogP contribution in [0.15, 0.2) is 53.7 Å². The molecule has 0 saturated carbocycles. The van der Waals surface area contributed by atoms with Crippen molar-refractivity contribution >= 4 is 27.4 Å². The minimum absolute atomic E-state index is 0.0374. The van der Waals surface area contributed by atoms with Gasteiger partial charge in [0.15, 0.2) is 5.82 Å². The molecule has 2 aromatic heterocycles. The van der Waals surface area contributed by atoms with Crippen molar-refractivity contribution in [1.29, 1.82) is 5.26 Å². The molecular weight excluding hydrogens is 350 g/mol. The Morgan fingerprint density at radius 3 is 2.75 bits per heavy atom. The Morgan fingerprint density at radius 1 is 1.25 bits per heavy atom. The fraction of sp³-hybridized carbons (Fsp3) is 0. The second-order valence-electron chi connectivity index (χ2n) is 4.77. The molecule has 0 aliphatic rings. The van der Waals surface area contributed by atoms with Crippen LogP contribution in [-0.4, -0.2) is 23.6 Å². The van der Waals surface area contributed by atoms with Gasteiger partial charge in [0.25, 0.3) is 10.0 Å². The monoisotopic (exact) mass is 359 g/mol. The van der Waals surface area contributed by atoms with Crippen LogP contribution in [-0.2, 0) is 10.0 Å². The highest BCUT2D eigenvalue weighted by atomic mass is 35.5. The van der Waals surface area contributed by atoms with Crippen LogP contribution in [0.2, 0.25) is 5.02 Å². The molecule has 0 aliphatic heterocycles. The molecule has 0 aliphatic carbocycles. The van der Waals surface area contributed by atoms with Crippen LogP contribution in [0.1, 0.15) is 5.56 Å². The number of pyridine rings is 1. The van der Waals surface area contributed by atoms with E-state index in [-0.39, 0.29) is 21.3 Å². The van der Waals surface area contributed by atoms with E-state index in [1.54, 1.807) is 24.5 Å². The van der Waals surface area contributed by atoms with Crippen molar-refractivity contribution < 1.29 is 8.42 Å². The molecule has 1 aromatic carbocycles. The van der Waals surface area contributed by atoms with Crippen LogP contribution in [0, 0.1) is 11.3 Å². The second kappa shape index (κ2) is 6.31. The van der Waals surface area contributed by atoms with E-state index in [1.165, 1.54) is 18.2 Å². The Kier molecular flexibility index (Phi) is 4.20. The van der Waals surface area contributed by atoms with Crippen molar-refractivity contribution in [1.82, 2.24) is 15.2 Å². The van der Waals surface area contributed by atoms with Gasteiger partial charge in [0, 0.05) is 24.0 Å². The Bertz CT molecular complexity index is 1030. The van der Waals surface area contributed by atoms with Gasteiger partial charge < -0.3 is 0 Å². The lowest BCUT2D eigenvalue weighted by Crippen LogP contribution is -2.13. The Hall–Kier alpha value is -2.89. The molecule has 0 atom stereocenters. The maximum atomic E-state index is 12.4. The number of aromatic nitrogens is 3.